The van der Waals surface area contributed by atoms with Gasteiger partial charge in [-0.2, -0.15) is 11.3 Å². The number of piperazine rings is 1. The topological polar surface area (TPSA) is 145 Å². The lowest BCUT2D eigenvalue weighted by Crippen LogP contribution is -2.46. The molecule has 4 aromatic carbocycles. The summed E-state index contributed by atoms with van der Waals surface area (Å²) in [5, 5.41) is 9.99. The Hall–Kier alpha value is -6.83. The van der Waals surface area contributed by atoms with Crippen LogP contribution in [0, 0.1) is 20.8 Å². The number of rotatable bonds is 8. The van der Waals surface area contributed by atoms with Gasteiger partial charge >= 0.3 is 0 Å². The highest BCUT2D eigenvalue weighted by Gasteiger charge is 2.20. The maximum Gasteiger partial charge on any atom is 0.260 e. The average Bonchev–Trinajstić information content (AvgIpc) is 3.95. The third-order valence-electron chi connectivity index (χ3n) is 10.7. The molecular weight excluding hydrogens is 757 g/mol. The van der Waals surface area contributed by atoms with E-state index in [-0.39, 0.29) is 11.8 Å². The Kier molecular flexibility index (Phi) is 11.5. The van der Waals surface area contributed by atoms with Gasteiger partial charge in [-0.05, 0) is 96.2 Å². The number of nitrogens with one attached hydrogen (secondary N) is 3. The van der Waals surface area contributed by atoms with Gasteiger partial charge in [0, 0.05) is 85.9 Å². The van der Waals surface area contributed by atoms with Gasteiger partial charge in [0.25, 0.3) is 11.8 Å². The Bertz CT molecular complexity index is 2760. The summed E-state index contributed by atoms with van der Waals surface area (Å²) in [6.07, 6.45) is 9.79. The lowest BCUT2D eigenvalue weighted by atomic mass is 9.93. The normalized spacial score (nSPS) is 12.9. The van der Waals surface area contributed by atoms with Gasteiger partial charge in [0.2, 0.25) is 5.95 Å². The number of aromatic amines is 1. The van der Waals surface area contributed by atoms with Crippen LogP contribution in [0.15, 0.2) is 115 Å². The second-order valence-corrected chi connectivity index (χ2v) is 15.1. The molecular formula is C46H44N10O2S. The van der Waals surface area contributed by atoms with Crippen molar-refractivity contribution in [1.29, 1.82) is 0 Å². The number of aromatic nitrogens is 6. The maximum absolute atomic E-state index is 13.4. The molecule has 4 aromatic heterocycles. The number of carbonyl (C=O) groups is 2. The van der Waals surface area contributed by atoms with E-state index in [0.29, 0.717) is 33.6 Å². The third kappa shape index (κ3) is 8.29. The molecule has 1 saturated heterocycles. The van der Waals surface area contributed by atoms with Gasteiger partial charge in [0.05, 0.1) is 22.2 Å². The molecule has 0 spiro atoms. The standard InChI is InChI=1S/C29H31N5O.C17H13N5OS/c1-4-33-15-17-34(18-16-33)23-10-6-9-22(19-23)32-29(35)25-12-11-24(27-28(25)31-14-13-30-27)26-20(2)7-5-8-21(26)3;1-10-8-24-9-13(10)11-2-3-12(15-14(11)18-4-5-19-15)16(23)22-17-20-6-7-21-17/h5-14,19H,4,15-18H2,1-3H3,(H,32,35);2-9H,1H3,(H2,20,21,22,23). The second-order valence-electron chi connectivity index (χ2n) is 14.4. The summed E-state index contributed by atoms with van der Waals surface area (Å²) < 4.78 is 0. The molecule has 8 aromatic rings. The van der Waals surface area contributed by atoms with Crippen LogP contribution in [-0.4, -0.2) is 79.3 Å². The van der Waals surface area contributed by atoms with Crippen LogP contribution in [0.3, 0.4) is 0 Å². The summed E-state index contributed by atoms with van der Waals surface area (Å²) in [7, 11) is 0. The molecule has 13 heteroatoms. The van der Waals surface area contributed by atoms with Crippen molar-refractivity contribution in [3.8, 4) is 22.3 Å². The zero-order valence-electron chi connectivity index (χ0n) is 33.4. The van der Waals surface area contributed by atoms with Crippen LogP contribution >= 0.6 is 11.3 Å². The van der Waals surface area contributed by atoms with Crippen molar-refractivity contribution in [3.63, 3.8) is 0 Å². The zero-order chi connectivity index (χ0) is 40.9. The van der Waals surface area contributed by atoms with E-state index in [0.717, 1.165) is 71.9 Å². The first-order valence-corrected chi connectivity index (χ1v) is 20.5. The van der Waals surface area contributed by atoms with Crippen LogP contribution in [0.5, 0.6) is 0 Å². The minimum atomic E-state index is -0.274. The first kappa shape index (κ1) is 39.0. The van der Waals surface area contributed by atoms with E-state index < -0.39 is 0 Å². The Morgan fingerprint density at radius 3 is 1.86 bits per heavy atom. The van der Waals surface area contributed by atoms with Crippen LogP contribution in [0.1, 0.15) is 44.3 Å². The summed E-state index contributed by atoms with van der Waals surface area (Å²) in [6.45, 7) is 13.6. The molecule has 12 nitrogen and oxygen atoms in total. The molecule has 0 bridgehead atoms. The molecule has 296 valence electrons. The number of hydrogen-bond acceptors (Lipinski definition) is 10. The molecule has 0 saturated carbocycles. The number of hydrogen-bond donors (Lipinski definition) is 3. The molecule has 1 aliphatic heterocycles. The van der Waals surface area contributed by atoms with Gasteiger partial charge in [0.15, 0.2) is 0 Å². The summed E-state index contributed by atoms with van der Waals surface area (Å²) in [4.78, 5) is 55.6. The zero-order valence-corrected chi connectivity index (χ0v) is 34.2. The highest BCUT2D eigenvalue weighted by Crippen LogP contribution is 2.35. The Morgan fingerprint density at radius 2 is 1.25 bits per heavy atom. The predicted molar refractivity (Wildman–Crippen MR) is 237 cm³/mol. The number of amides is 2. The number of benzene rings is 4. The molecule has 0 unspecified atom stereocenters. The van der Waals surface area contributed by atoms with E-state index in [9.17, 15) is 9.59 Å². The number of likely N-dealkylation sites (N-methyl/N-ethyl adjacent to an activating group) is 1. The van der Waals surface area contributed by atoms with Crippen LogP contribution in [-0.2, 0) is 0 Å². The SMILES string of the molecule is CCN1CCN(c2cccc(NC(=O)c3ccc(-c4c(C)cccc4C)c4nccnc34)c2)CC1.Cc1cscc1-c1ccc(C(=O)Nc2ncc[nH]2)c2nccnc12. The molecule has 1 aliphatic rings. The van der Waals surface area contributed by atoms with Crippen molar-refractivity contribution in [2.75, 3.05) is 48.3 Å². The number of imidazole rings is 1. The van der Waals surface area contributed by atoms with Crippen LogP contribution < -0.4 is 15.5 Å². The first-order chi connectivity index (χ1) is 28.8. The lowest BCUT2D eigenvalue weighted by molar-refractivity contribution is 0.101. The summed E-state index contributed by atoms with van der Waals surface area (Å²) >= 11 is 1.64. The Morgan fingerprint density at radius 1 is 0.644 bits per heavy atom. The number of anilines is 3. The van der Waals surface area contributed by atoms with Gasteiger partial charge in [-0.1, -0.05) is 43.3 Å². The molecule has 59 heavy (non-hydrogen) atoms. The molecule has 9 rings (SSSR count). The van der Waals surface area contributed by atoms with E-state index in [1.165, 1.54) is 16.7 Å². The fourth-order valence-corrected chi connectivity index (χ4v) is 8.43. The fraction of sp³-hybridized carbons (Fsp3) is 0.196. The monoisotopic (exact) mass is 800 g/mol. The minimum absolute atomic E-state index is 0.184. The van der Waals surface area contributed by atoms with Crippen LogP contribution in [0.4, 0.5) is 17.3 Å². The fourth-order valence-electron chi connectivity index (χ4n) is 7.58. The van der Waals surface area contributed by atoms with Crippen molar-refractivity contribution in [2.45, 2.75) is 27.7 Å². The lowest BCUT2D eigenvalue weighted by Gasteiger charge is -2.35. The van der Waals surface area contributed by atoms with E-state index in [1.807, 2.05) is 30.3 Å². The summed E-state index contributed by atoms with van der Waals surface area (Å²) in [6, 6.07) is 21.9. The van der Waals surface area contributed by atoms with Crippen molar-refractivity contribution < 1.29 is 9.59 Å². The van der Waals surface area contributed by atoms with Crippen molar-refractivity contribution >= 4 is 62.5 Å². The molecule has 0 aliphatic carbocycles. The molecule has 5 heterocycles. The molecule has 3 N–H and O–H groups in total. The van der Waals surface area contributed by atoms with Gasteiger partial charge in [-0.3, -0.25) is 34.8 Å². The first-order valence-electron chi connectivity index (χ1n) is 19.6. The maximum atomic E-state index is 13.4. The number of carbonyl (C=O) groups excluding carboxylic acids is 2. The number of aryl methyl sites for hydroxylation is 3. The molecule has 0 atom stereocenters. The highest BCUT2D eigenvalue weighted by atomic mass is 32.1. The van der Waals surface area contributed by atoms with Crippen molar-refractivity contribution in [2.24, 2.45) is 0 Å². The highest BCUT2D eigenvalue weighted by molar-refractivity contribution is 7.08. The van der Waals surface area contributed by atoms with E-state index >= 15 is 0 Å². The molecule has 2 amide bonds. The number of H-pyrrole nitrogens is 1. The van der Waals surface area contributed by atoms with E-state index in [1.54, 1.807) is 54.6 Å². The van der Waals surface area contributed by atoms with Crippen molar-refractivity contribution in [3.05, 3.63) is 142 Å². The number of thiophene rings is 1. The van der Waals surface area contributed by atoms with Gasteiger partial charge < -0.3 is 20.1 Å². The number of fused-ring (bicyclic) bond motifs is 2. The quantitative estimate of drug-likeness (QED) is 0.137. The third-order valence-corrected chi connectivity index (χ3v) is 11.5. The largest absolute Gasteiger partial charge is 0.369 e. The Labute approximate surface area is 346 Å². The van der Waals surface area contributed by atoms with Crippen LogP contribution in [0.25, 0.3) is 44.3 Å². The average molecular weight is 801 g/mol. The van der Waals surface area contributed by atoms with Gasteiger partial charge in [0.1, 0.15) is 11.0 Å². The molecule has 0 radical (unpaired) electrons. The van der Waals surface area contributed by atoms with E-state index in [4.69, 9.17) is 0 Å². The predicted octanol–water partition coefficient (Wildman–Crippen LogP) is 8.95. The second kappa shape index (κ2) is 17.3. The van der Waals surface area contributed by atoms with Gasteiger partial charge in [-0.15, -0.1) is 0 Å². The number of nitrogens with zero attached hydrogens (tertiary/aromatic N) is 7. The molecule has 1 fully saturated rings. The van der Waals surface area contributed by atoms with Crippen LogP contribution in [0.2, 0.25) is 0 Å². The summed E-state index contributed by atoms with van der Waals surface area (Å²) in [5.41, 5.74) is 13.3. The smallest absolute Gasteiger partial charge is 0.260 e. The van der Waals surface area contributed by atoms with Gasteiger partial charge in [-0.25, -0.2) is 4.98 Å². The summed E-state index contributed by atoms with van der Waals surface area (Å²) in [5.74, 6) is -0.0599. The minimum Gasteiger partial charge on any atom is -0.369 e. The Balaban J connectivity index is 0.000000176. The van der Waals surface area contributed by atoms with E-state index in [2.05, 4.69) is 119 Å². The van der Waals surface area contributed by atoms with Crippen molar-refractivity contribution in [1.82, 2.24) is 34.8 Å².